The summed E-state index contributed by atoms with van der Waals surface area (Å²) in [5.41, 5.74) is 12.4. The first kappa shape index (κ1) is 26.2. The van der Waals surface area contributed by atoms with Crippen molar-refractivity contribution in [3.8, 4) is 34.2 Å². The third-order valence-corrected chi connectivity index (χ3v) is 10.1. The van der Waals surface area contributed by atoms with Crippen molar-refractivity contribution in [2.24, 2.45) is 0 Å². The first-order valence-electron chi connectivity index (χ1n) is 16.2. The Morgan fingerprint density at radius 2 is 1.09 bits per heavy atom. The lowest BCUT2D eigenvalue weighted by molar-refractivity contribution is 0.630. The van der Waals surface area contributed by atoms with E-state index in [4.69, 9.17) is 9.97 Å². The highest BCUT2D eigenvalue weighted by Gasteiger charge is 2.35. The van der Waals surface area contributed by atoms with Crippen molar-refractivity contribution in [3.05, 3.63) is 157 Å². The molecule has 4 nitrogen and oxygen atoms in total. The normalized spacial score (nSPS) is 13.5. The van der Waals surface area contributed by atoms with E-state index in [0.29, 0.717) is 5.95 Å². The summed E-state index contributed by atoms with van der Waals surface area (Å²) >= 11 is 0. The molecule has 3 aromatic heterocycles. The molecule has 0 aliphatic carbocycles. The summed E-state index contributed by atoms with van der Waals surface area (Å²) in [6, 6.07) is 51.9. The zero-order valence-electron chi connectivity index (χ0n) is 26.1. The van der Waals surface area contributed by atoms with Gasteiger partial charge in [0.05, 0.1) is 39.1 Å². The lowest BCUT2D eigenvalue weighted by Gasteiger charge is -2.34. The summed E-state index contributed by atoms with van der Waals surface area (Å²) in [5, 5.41) is 4.85. The van der Waals surface area contributed by atoms with Gasteiger partial charge in [-0.3, -0.25) is 4.57 Å². The second kappa shape index (κ2) is 9.51. The molecule has 0 N–H and O–H groups in total. The molecule has 0 radical (unpaired) electrons. The number of aromatic nitrogens is 4. The number of para-hydroxylation sites is 3. The number of hydrogen-bond donors (Lipinski definition) is 0. The average molecular weight is 603 g/mol. The van der Waals surface area contributed by atoms with E-state index in [0.717, 1.165) is 33.5 Å². The van der Waals surface area contributed by atoms with Crippen molar-refractivity contribution in [1.29, 1.82) is 0 Å². The average Bonchev–Trinajstić information content (AvgIpc) is 3.65. The molecule has 0 amide bonds. The molecule has 10 rings (SSSR count). The van der Waals surface area contributed by atoms with Gasteiger partial charge in [0.2, 0.25) is 5.95 Å². The third-order valence-electron chi connectivity index (χ3n) is 10.1. The van der Waals surface area contributed by atoms with E-state index in [1.807, 2.05) is 12.1 Å². The maximum atomic E-state index is 5.32. The molecule has 0 unspecified atom stereocenters. The predicted molar refractivity (Wildman–Crippen MR) is 194 cm³/mol. The molecular weight excluding hydrogens is 573 g/mol. The van der Waals surface area contributed by atoms with Crippen LogP contribution in [0.15, 0.2) is 146 Å². The van der Waals surface area contributed by atoms with Crippen molar-refractivity contribution < 1.29 is 0 Å². The molecule has 47 heavy (non-hydrogen) atoms. The second-order valence-corrected chi connectivity index (χ2v) is 13.1. The van der Waals surface area contributed by atoms with Gasteiger partial charge in [-0.2, -0.15) is 0 Å². The number of nitrogens with zero attached hydrogens (tertiary/aromatic N) is 4. The van der Waals surface area contributed by atoms with Gasteiger partial charge in [0.1, 0.15) is 0 Å². The van der Waals surface area contributed by atoms with Crippen LogP contribution in [0, 0.1) is 0 Å². The van der Waals surface area contributed by atoms with Gasteiger partial charge in [-0.15, -0.1) is 0 Å². The fourth-order valence-electron chi connectivity index (χ4n) is 7.96. The molecular formula is C43H30N4. The van der Waals surface area contributed by atoms with E-state index in [1.165, 1.54) is 49.4 Å². The minimum Gasteiger partial charge on any atom is -0.309 e. The Hall–Kier alpha value is -6.00. The smallest absolute Gasteiger partial charge is 0.235 e. The van der Waals surface area contributed by atoms with E-state index >= 15 is 0 Å². The van der Waals surface area contributed by atoms with Crippen LogP contribution in [0.1, 0.15) is 25.0 Å². The molecule has 0 fully saturated rings. The molecule has 222 valence electrons. The van der Waals surface area contributed by atoms with Gasteiger partial charge < -0.3 is 4.57 Å². The molecule has 0 saturated heterocycles. The Morgan fingerprint density at radius 1 is 0.468 bits per heavy atom. The molecule has 4 heterocycles. The van der Waals surface area contributed by atoms with Crippen LogP contribution in [0.25, 0.3) is 77.8 Å². The fourth-order valence-corrected chi connectivity index (χ4v) is 7.96. The monoisotopic (exact) mass is 602 g/mol. The van der Waals surface area contributed by atoms with Gasteiger partial charge in [-0.05, 0) is 35.4 Å². The molecule has 4 heteroatoms. The summed E-state index contributed by atoms with van der Waals surface area (Å²) < 4.78 is 4.79. The Labute approximate surface area is 272 Å². The first-order valence-corrected chi connectivity index (χ1v) is 16.2. The lowest BCUT2D eigenvalue weighted by atomic mass is 9.75. The van der Waals surface area contributed by atoms with Crippen molar-refractivity contribution in [2.45, 2.75) is 19.3 Å². The van der Waals surface area contributed by atoms with E-state index < -0.39 is 0 Å². The van der Waals surface area contributed by atoms with E-state index in [-0.39, 0.29) is 5.41 Å². The molecule has 0 spiro atoms. The van der Waals surface area contributed by atoms with Gasteiger partial charge in [-0.1, -0.05) is 135 Å². The summed E-state index contributed by atoms with van der Waals surface area (Å²) in [5.74, 6) is 0.663. The molecule has 6 aromatic carbocycles. The lowest BCUT2D eigenvalue weighted by Crippen LogP contribution is -2.26. The Kier molecular flexibility index (Phi) is 5.31. The summed E-state index contributed by atoms with van der Waals surface area (Å²) in [6.07, 6.45) is 0. The number of hydrogen-bond acceptors (Lipinski definition) is 2. The SMILES string of the molecule is CC1(C)c2ccccc2-n2c3ccc4c5ccccc5n(-c5nc(-c6ccccc6)cc(-c6ccccc6)n5)c4c3c3cccc1c32. The van der Waals surface area contributed by atoms with Gasteiger partial charge in [-0.25, -0.2) is 9.97 Å². The van der Waals surface area contributed by atoms with Crippen LogP contribution in [-0.4, -0.2) is 19.1 Å². The van der Waals surface area contributed by atoms with Crippen molar-refractivity contribution >= 4 is 43.6 Å². The number of benzene rings is 6. The van der Waals surface area contributed by atoms with Gasteiger partial charge in [0, 0.05) is 38.1 Å². The van der Waals surface area contributed by atoms with Crippen LogP contribution in [0.2, 0.25) is 0 Å². The quantitative estimate of drug-likeness (QED) is 0.202. The predicted octanol–water partition coefficient (Wildman–Crippen LogP) is 10.6. The van der Waals surface area contributed by atoms with Crippen LogP contribution in [-0.2, 0) is 5.41 Å². The zero-order valence-corrected chi connectivity index (χ0v) is 26.1. The highest BCUT2D eigenvalue weighted by atomic mass is 15.2. The molecule has 0 atom stereocenters. The standard InChI is InChI=1S/C43H30N4/c1-43(2)32-20-10-12-23-37(32)46-38-25-24-30-29-18-9-11-22-36(29)47(41(30)39(38)31-19-13-21-33(43)40(31)46)42-44-34(27-14-5-3-6-15-27)26-35(45-42)28-16-7-4-8-17-28/h3-26H,1-2H3. The second-order valence-electron chi connectivity index (χ2n) is 13.1. The highest BCUT2D eigenvalue weighted by Crippen LogP contribution is 2.49. The van der Waals surface area contributed by atoms with Crippen molar-refractivity contribution in [1.82, 2.24) is 19.1 Å². The van der Waals surface area contributed by atoms with E-state index in [2.05, 4.69) is 156 Å². The molecule has 1 aliphatic heterocycles. The maximum Gasteiger partial charge on any atom is 0.235 e. The zero-order chi connectivity index (χ0) is 31.3. The molecule has 9 aromatic rings. The molecule has 0 bridgehead atoms. The Bertz CT molecular complexity index is 2640. The first-order chi connectivity index (χ1) is 23.1. The summed E-state index contributed by atoms with van der Waals surface area (Å²) in [7, 11) is 0. The van der Waals surface area contributed by atoms with Gasteiger partial charge in [0.25, 0.3) is 0 Å². The topological polar surface area (TPSA) is 35.6 Å². The van der Waals surface area contributed by atoms with Gasteiger partial charge >= 0.3 is 0 Å². The van der Waals surface area contributed by atoms with Crippen molar-refractivity contribution in [2.75, 3.05) is 0 Å². The maximum absolute atomic E-state index is 5.32. The Morgan fingerprint density at radius 3 is 1.83 bits per heavy atom. The van der Waals surface area contributed by atoms with Gasteiger partial charge in [0.15, 0.2) is 0 Å². The van der Waals surface area contributed by atoms with E-state index in [1.54, 1.807) is 0 Å². The largest absolute Gasteiger partial charge is 0.309 e. The Balaban J connectivity index is 1.40. The third kappa shape index (κ3) is 3.58. The number of fused-ring (bicyclic) bond motifs is 9. The van der Waals surface area contributed by atoms with E-state index in [9.17, 15) is 0 Å². The summed E-state index contributed by atoms with van der Waals surface area (Å²) in [4.78, 5) is 10.6. The molecule has 0 saturated carbocycles. The number of rotatable bonds is 3. The minimum atomic E-state index is -0.135. The molecule has 1 aliphatic rings. The summed E-state index contributed by atoms with van der Waals surface area (Å²) in [6.45, 7) is 4.70. The van der Waals surface area contributed by atoms with Crippen LogP contribution < -0.4 is 0 Å². The van der Waals surface area contributed by atoms with Crippen LogP contribution in [0.3, 0.4) is 0 Å². The highest BCUT2D eigenvalue weighted by molar-refractivity contribution is 6.26. The fraction of sp³-hybridized carbons (Fsp3) is 0.0698. The van der Waals surface area contributed by atoms with Crippen LogP contribution in [0.4, 0.5) is 0 Å². The van der Waals surface area contributed by atoms with Crippen LogP contribution in [0.5, 0.6) is 0 Å². The van der Waals surface area contributed by atoms with Crippen LogP contribution >= 0.6 is 0 Å². The van der Waals surface area contributed by atoms with Crippen molar-refractivity contribution in [3.63, 3.8) is 0 Å². The minimum absolute atomic E-state index is 0.135.